The number of likely N-dealkylation sites (tertiary alicyclic amines) is 1. The van der Waals surface area contributed by atoms with Crippen molar-refractivity contribution in [3.8, 4) is 0 Å². The van der Waals surface area contributed by atoms with Gasteiger partial charge >= 0.3 is 6.18 Å². The molecule has 190 valence electrons. The molecule has 0 amide bonds. The lowest BCUT2D eigenvalue weighted by molar-refractivity contribution is -0.137. The summed E-state index contributed by atoms with van der Waals surface area (Å²) in [4.78, 5) is 6.75. The lowest BCUT2D eigenvalue weighted by Crippen LogP contribution is -2.47. The van der Waals surface area contributed by atoms with Gasteiger partial charge in [-0.05, 0) is 86.3 Å². The van der Waals surface area contributed by atoms with E-state index in [2.05, 4.69) is 16.4 Å². The summed E-state index contributed by atoms with van der Waals surface area (Å²) in [7, 11) is 0. The zero-order valence-electron chi connectivity index (χ0n) is 19.8. The van der Waals surface area contributed by atoms with E-state index in [-0.39, 0.29) is 0 Å². The number of hydrogen-bond acceptors (Lipinski definition) is 3. The lowest BCUT2D eigenvalue weighted by atomic mass is 9.92. The second kappa shape index (κ2) is 11.1. The molecule has 2 heterocycles. The van der Waals surface area contributed by atoms with Gasteiger partial charge in [0, 0.05) is 38.4 Å². The molecule has 2 aliphatic heterocycles. The van der Waals surface area contributed by atoms with Crippen molar-refractivity contribution in [2.24, 2.45) is 5.92 Å². The summed E-state index contributed by atoms with van der Waals surface area (Å²) in [5.41, 5.74) is 1.46. The van der Waals surface area contributed by atoms with Gasteiger partial charge in [0.2, 0.25) is 0 Å². The van der Waals surface area contributed by atoms with Gasteiger partial charge in [-0.1, -0.05) is 18.7 Å². The van der Waals surface area contributed by atoms with Crippen LogP contribution in [0.25, 0.3) is 5.57 Å². The Balaban J connectivity index is 1.16. The summed E-state index contributed by atoms with van der Waals surface area (Å²) in [5, 5.41) is 0. The molecule has 2 fully saturated rings. The van der Waals surface area contributed by atoms with Crippen molar-refractivity contribution in [3.63, 3.8) is 0 Å². The van der Waals surface area contributed by atoms with Crippen LogP contribution in [0, 0.1) is 17.6 Å². The van der Waals surface area contributed by atoms with Gasteiger partial charge in [0.1, 0.15) is 0 Å². The molecular weight excluding hydrogens is 461 g/mol. The van der Waals surface area contributed by atoms with E-state index < -0.39 is 23.4 Å². The van der Waals surface area contributed by atoms with E-state index in [0.717, 1.165) is 82.8 Å². The molecule has 0 atom stereocenters. The zero-order valence-corrected chi connectivity index (χ0v) is 19.8. The minimum Gasteiger partial charge on any atom is -0.369 e. The zero-order chi connectivity index (χ0) is 25.0. The van der Waals surface area contributed by atoms with E-state index in [1.165, 1.54) is 18.2 Å². The molecule has 0 unspecified atom stereocenters. The molecule has 35 heavy (non-hydrogen) atoms. The van der Waals surface area contributed by atoms with Gasteiger partial charge in [-0.25, -0.2) is 8.78 Å². The van der Waals surface area contributed by atoms with Gasteiger partial charge < -0.3 is 4.90 Å². The van der Waals surface area contributed by atoms with Crippen LogP contribution >= 0.6 is 0 Å². The lowest BCUT2D eigenvalue weighted by Gasteiger charge is -2.38. The van der Waals surface area contributed by atoms with E-state index in [1.807, 2.05) is 4.90 Å². The van der Waals surface area contributed by atoms with Crippen LogP contribution in [0.15, 0.2) is 49.0 Å². The van der Waals surface area contributed by atoms with E-state index in [4.69, 9.17) is 0 Å². The molecule has 2 saturated heterocycles. The molecular formula is C27H32F5N3. The van der Waals surface area contributed by atoms with E-state index >= 15 is 0 Å². The van der Waals surface area contributed by atoms with Gasteiger partial charge in [0.25, 0.3) is 0 Å². The standard InChI is InChI=1S/C27H32F5N3/c1-20(22-5-6-25(28)26(29)17-22)19-34-11-8-21(9-12-34)7-10-33-13-15-35(16-14-33)24-4-2-3-23(18-24)27(30,31)32/h2-6,17-18,21H,1,7-16,19H2. The number of rotatable bonds is 7. The highest BCUT2D eigenvalue weighted by molar-refractivity contribution is 5.64. The molecule has 2 aromatic carbocycles. The van der Waals surface area contributed by atoms with Gasteiger partial charge in [0.05, 0.1) is 5.56 Å². The van der Waals surface area contributed by atoms with Gasteiger partial charge in [0.15, 0.2) is 11.6 Å². The average molecular weight is 494 g/mol. The molecule has 0 N–H and O–H groups in total. The number of benzene rings is 2. The number of piperazine rings is 1. The van der Waals surface area contributed by atoms with Crippen molar-refractivity contribution in [1.82, 2.24) is 9.80 Å². The Morgan fingerprint density at radius 2 is 1.57 bits per heavy atom. The number of alkyl halides is 3. The molecule has 2 aliphatic rings. The molecule has 3 nitrogen and oxygen atoms in total. The van der Waals surface area contributed by atoms with Gasteiger partial charge in [-0.3, -0.25) is 9.80 Å². The summed E-state index contributed by atoms with van der Waals surface area (Å²) in [6, 6.07) is 9.50. The van der Waals surface area contributed by atoms with Crippen LogP contribution in [-0.4, -0.2) is 62.2 Å². The molecule has 0 aromatic heterocycles. The smallest absolute Gasteiger partial charge is 0.369 e. The Morgan fingerprint density at radius 1 is 0.857 bits per heavy atom. The van der Waals surface area contributed by atoms with Crippen LogP contribution in [-0.2, 0) is 6.18 Å². The van der Waals surface area contributed by atoms with Crippen LogP contribution in [0.5, 0.6) is 0 Å². The number of halogens is 5. The van der Waals surface area contributed by atoms with Crippen molar-refractivity contribution in [2.75, 3.05) is 57.3 Å². The Bertz CT molecular complexity index is 1010. The molecule has 0 bridgehead atoms. The second-order valence-electron chi connectivity index (χ2n) is 9.62. The Labute approximate surface area is 203 Å². The predicted molar refractivity (Wildman–Crippen MR) is 129 cm³/mol. The first-order valence-corrected chi connectivity index (χ1v) is 12.2. The number of nitrogens with zero attached hydrogens (tertiary/aromatic N) is 3. The second-order valence-corrected chi connectivity index (χ2v) is 9.62. The van der Waals surface area contributed by atoms with Crippen molar-refractivity contribution < 1.29 is 22.0 Å². The average Bonchev–Trinajstić information content (AvgIpc) is 2.85. The highest BCUT2D eigenvalue weighted by Gasteiger charge is 2.31. The fourth-order valence-corrected chi connectivity index (χ4v) is 4.98. The van der Waals surface area contributed by atoms with Crippen LogP contribution < -0.4 is 4.90 Å². The SMILES string of the molecule is C=C(CN1CCC(CCN2CCN(c3cccc(C(F)(F)F)c3)CC2)CC1)c1ccc(F)c(F)c1. The minimum absolute atomic E-state index is 0.600. The fraction of sp³-hybridized carbons (Fsp3) is 0.481. The summed E-state index contributed by atoms with van der Waals surface area (Å²) in [6.45, 7) is 10.8. The van der Waals surface area contributed by atoms with Gasteiger partial charge in [-0.2, -0.15) is 13.2 Å². The Hall–Kier alpha value is -2.45. The Morgan fingerprint density at radius 3 is 2.23 bits per heavy atom. The van der Waals surface area contributed by atoms with Crippen molar-refractivity contribution in [2.45, 2.75) is 25.4 Å². The van der Waals surface area contributed by atoms with Crippen molar-refractivity contribution >= 4 is 11.3 Å². The number of piperidine rings is 1. The first kappa shape index (κ1) is 25.6. The van der Waals surface area contributed by atoms with E-state index in [9.17, 15) is 22.0 Å². The summed E-state index contributed by atoms with van der Waals surface area (Å²) < 4.78 is 65.7. The molecule has 0 radical (unpaired) electrons. The van der Waals surface area contributed by atoms with Gasteiger partial charge in [-0.15, -0.1) is 0 Å². The predicted octanol–water partition coefficient (Wildman–Crippen LogP) is 5.92. The van der Waals surface area contributed by atoms with Crippen molar-refractivity contribution in [3.05, 3.63) is 71.8 Å². The maximum atomic E-state index is 13.5. The monoisotopic (exact) mass is 493 g/mol. The molecule has 8 heteroatoms. The Kier molecular flexibility index (Phi) is 8.12. The minimum atomic E-state index is -4.32. The normalized spacial score (nSPS) is 18.7. The third kappa shape index (κ3) is 6.82. The highest BCUT2D eigenvalue weighted by Crippen LogP contribution is 2.32. The third-order valence-electron chi connectivity index (χ3n) is 7.21. The van der Waals surface area contributed by atoms with Crippen LogP contribution in [0.3, 0.4) is 0 Å². The summed E-state index contributed by atoms with van der Waals surface area (Å²) >= 11 is 0. The van der Waals surface area contributed by atoms with E-state index in [1.54, 1.807) is 12.1 Å². The largest absolute Gasteiger partial charge is 0.416 e. The molecule has 0 spiro atoms. The summed E-state index contributed by atoms with van der Waals surface area (Å²) in [5.74, 6) is -1.05. The summed E-state index contributed by atoms with van der Waals surface area (Å²) in [6.07, 6.45) is -1.02. The fourth-order valence-electron chi connectivity index (χ4n) is 4.98. The third-order valence-corrected chi connectivity index (χ3v) is 7.21. The molecule has 4 rings (SSSR count). The van der Waals surface area contributed by atoms with Crippen LogP contribution in [0.4, 0.5) is 27.6 Å². The number of anilines is 1. The maximum Gasteiger partial charge on any atom is 0.416 e. The van der Waals surface area contributed by atoms with Crippen molar-refractivity contribution in [1.29, 1.82) is 0 Å². The number of hydrogen-bond donors (Lipinski definition) is 0. The molecule has 0 saturated carbocycles. The van der Waals surface area contributed by atoms with Crippen LogP contribution in [0.2, 0.25) is 0 Å². The molecule has 2 aromatic rings. The topological polar surface area (TPSA) is 9.72 Å². The van der Waals surface area contributed by atoms with E-state index in [0.29, 0.717) is 23.7 Å². The maximum absolute atomic E-state index is 13.5. The van der Waals surface area contributed by atoms with Crippen LogP contribution in [0.1, 0.15) is 30.4 Å². The first-order chi connectivity index (χ1) is 16.7. The molecule has 0 aliphatic carbocycles. The first-order valence-electron chi connectivity index (χ1n) is 12.2. The quantitative estimate of drug-likeness (QED) is 0.444. The highest BCUT2D eigenvalue weighted by atomic mass is 19.4.